The van der Waals surface area contributed by atoms with Crippen molar-refractivity contribution in [2.24, 2.45) is 5.92 Å². The predicted molar refractivity (Wildman–Crippen MR) is 91.3 cm³/mol. The van der Waals surface area contributed by atoms with E-state index in [9.17, 15) is 4.79 Å². The fraction of sp³-hybridized carbons (Fsp3) is 0.529. The second-order valence-corrected chi connectivity index (χ2v) is 6.31. The van der Waals surface area contributed by atoms with Crippen LogP contribution in [0.3, 0.4) is 0 Å². The van der Waals surface area contributed by atoms with Crippen LogP contribution in [0.2, 0.25) is 0 Å². The van der Waals surface area contributed by atoms with Gasteiger partial charge in [0.1, 0.15) is 5.82 Å². The molecule has 0 aliphatic carbocycles. The van der Waals surface area contributed by atoms with Gasteiger partial charge in [0.15, 0.2) is 0 Å². The molecule has 0 bridgehead atoms. The second-order valence-electron chi connectivity index (χ2n) is 6.31. The fourth-order valence-corrected chi connectivity index (χ4v) is 3.17. The minimum atomic E-state index is 0.0858. The standard InChI is InChI=1S/C17H24N6O/c1-2-23-12-14(9-21-23)17(24)22-6-3-4-13(5-7-22)8-15-10-20-16(18)11-19-15/h9-13H,2-8H2,1H3,(H2,18,20)/t13-/m0/s1. The lowest BCUT2D eigenvalue weighted by atomic mass is 9.95. The summed E-state index contributed by atoms with van der Waals surface area (Å²) >= 11 is 0. The molecule has 7 nitrogen and oxygen atoms in total. The number of anilines is 1. The monoisotopic (exact) mass is 328 g/mol. The zero-order chi connectivity index (χ0) is 16.9. The Balaban J connectivity index is 1.58. The van der Waals surface area contributed by atoms with Crippen LogP contribution in [0.15, 0.2) is 24.8 Å². The minimum absolute atomic E-state index is 0.0858. The van der Waals surface area contributed by atoms with Gasteiger partial charge in [0.05, 0.1) is 29.8 Å². The number of nitrogen functional groups attached to an aromatic ring is 1. The zero-order valence-corrected chi connectivity index (χ0v) is 14.1. The number of carbonyl (C=O) groups is 1. The SMILES string of the molecule is CCn1cc(C(=O)N2CCC[C@H](Cc3cnc(N)cn3)CC2)cn1. The van der Waals surface area contributed by atoms with Crippen LogP contribution in [0, 0.1) is 5.92 Å². The molecule has 24 heavy (non-hydrogen) atoms. The van der Waals surface area contributed by atoms with Crippen molar-refractivity contribution >= 4 is 11.7 Å². The van der Waals surface area contributed by atoms with Gasteiger partial charge in [0.2, 0.25) is 0 Å². The zero-order valence-electron chi connectivity index (χ0n) is 14.1. The van der Waals surface area contributed by atoms with Gasteiger partial charge in [0, 0.05) is 25.8 Å². The summed E-state index contributed by atoms with van der Waals surface area (Å²) in [5.41, 5.74) is 7.23. The van der Waals surface area contributed by atoms with Crippen LogP contribution in [0.1, 0.15) is 42.2 Å². The molecule has 2 N–H and O–H groups in total. The van der Waals surface area contributed by atoms with Crippen molar-refractivity contribution in [3.05, 3.63) is 36.0 Å². The van der Waals surface area contributed by atoms with Crippen molar-refractivity contribution in [2.45, 2.75) is 39.2 Å². The highest BCUT2D eigenvalue weighted by Crippen LogP contribution is 2.22. The van der Waals surface area contributed by atoms with Gasteiger partial charge < -0.3 is 10.6 Å². The molecule has 1 aliphatic heterocycles. The summed E-state index contributed by atoms with van der Waals surface area (Å²) in [5.74, 6) is 1.06. The number of rotatable bonds is 4. The van der Waals surface area contributed by atoms with Crippen LogP contribution in [-0.4, -0.2) is 43.6 Å². The highest BCUT2D eigenvalue weighted by molar-refractivity contribution is 5.93. The topological polar surface area (TPSA) is 89.9 Å². The molecule has 0 spiro atoms. The van der Waals surface area contributed by atoms with Crippen LogP contribution in [0.5, 0.6) is 0 Å². The third-order valence-electron chi connectivity index (χ3n) is 4.56. The molecule has 2 aromatic rings. The number of aryl methyl sites for hydroxylation is 1. The smallest absolute Gasteiger partial charge is 0.257 e. The summed E-state index contributed by atoms with van der Waals surface area (Å²) < 4.78 is 1.79. The van der Waals surface area contributed by atoms with Crippen LogP contribution in [-0.2, 0) is 13.0 Å². The van der Waals surface area contributed by atoms with E-state index < -0.39 is 0 Å². The number of hydrogen-bond acceptors (Lipinski definition) is 5. The van der Waals surface area contributed by atoms with Gasteiger partial charge in [0.25, 0.3) is 5.91 Å². The van der Waals surface area contributed by atoms with E-state index in [1.807, 2.05) is 18.0 Å². The van der Waals surface area contributed by atoms with Crippen molar-refractivity contribution in [3.63, 3.8) is 0 Å². The summed E-state index contributed by atoms with van der Waals surface area (Å²) in [7, 11) is 0. The van der Waals surface area contributed by atoms with E-state index in [2.05, 4.69) is 15.1 Å². The molecule has 3 heterocycles. The van der Waals surface area contributed by atoms with Gasteiger partial charge >= 0.3 is 0 Å². The molecule has 1 amide bonds. The lowest BCUT2D eigenvalue weighted by Crippen LogP contribution is -2.31. The maximum atomic E-state index is 12.6. The van der Waals surface area contributed by atoms with Gasteiger partial charge in [-0.1, -0.05) is 0 Å². The number of nitrogens with zero attached hydrogens (tertiary/aromatic N) is 5. The van der Waals surface area contributed by atoms with Crippen molar-refractivity contribution < 1.29 is 4.79 Å². The highest BCUT2D eigenvalue weighted by atomic mass is 16.2. The van der Waals surface area contributed by atoms with E-state index in [1.54, 1.807) is 23.3 Å². The lowest BCUT2D eigenvalue weighted by molar-refractivity contribution is 0.0760. The quantitative estimate of drug-likeness (QED) is 0.923. The second kappa shape index (κ2) is 7.42. The Morgan fingerprint density at radius 1 is 1.25 bits per heavy atom. The molecular formula is C17H24N6O. The molecule has 1 fully saturated rings. The van der Waals surface area contributed by atoms with E-state index in [0.717, 1.165) is 51.0 Å². The third kappa shape index (κ3) is 3.90. The average Bonchev–Trinajstić information content (AvgIpc) is 2.96. The molecule has 1 atom stereocenters. The van der Waals surface area contributed by atoms with Gasteiger partial charge in [-0.05, 0) is 38.5 Å². The molecule has 0 saturated carbocycles. The third-order valence-corrected chi connectivity index (χ3v) is 4.56. The first kappa shape index (κ1) is 16.4. The van der Waals surface area contributed by atoms with E-state index in [4.69, 9.17) is 5.73 Å². The Kier molecular flexibility index (Phi) is 5.08. The molecule has 0 unspecified atom stereocenters. The minimum Gasteiger partial charge on any atom is -0.382 e. The van der Waals surface area contributed by atoms with E-state index in [-0.39, 0.29) is 5.91 Å². The molecule has 3 rings (SSSR count). The number of aromatic nitrogens is 4. The number of nitrogens with two attached hydrogens (primary N) is 1. The first-order chi connectivity index (χ1) is 11.7. The van der Waals surface area contributed by atoms with Crippen molar-refractivity contribution in [2.75, 3.05) is 18.8 Å². The van der Waals surface area contributed by atoms with E-state index in [0.29, 0.717) is 17.3 Å². The Morgan fingerprint density at radius 2 is 2.12 bits per heavy atom. The average molecular weight is 328 g/mol. The maximum absolute atomic E-state index is 12.6. The van der Waals surface area contributed by atoms with Crippen LogP contribution < -0.4 is 5.73 Å². The number of amides is 1. The summed E-state index contributed by atoms with van der Waals surface area (Å²) in [5, 5.41) is 4.20. The molecule has 0 aromatic carbocycles. The number of likely N-dealkylation sites (tertiary alicyclic amines) is 1. The Hall–Kier alpha value is -2.44. The van der Waals surface area contributed by atoms with Gasteiger partial charge in [-0.25, -0.2) is 4.98 Å². The maximum Gasteiger partial charge on any atom is 0.257 e. The lowest BCUT2D eigenvalue weighted by Gasteiger charge is -2.19. The predicted octanol–water partition coefficient (Wildman–Crippen LogP) is 1.76. The van der Waals surface area contributed by atoms with Crippen molar-refractivity contribution in [3.8, 4) is 0 Å². The van der Waals surface area contributed by atoms with E-state index >= 15 is 0 Å². The Bertz CT molecular complexity index is 681. The van der Waals surface area contributed by atoms with Gasteiger partial charge in [-0.2, -0.15) is 5.10 Å². The Morgan fingerprint density at radius 3 is 2.83 bits per heavy atom. The normalized spacial score (nSPS) is 18.4. The molecular weight excluding hydrogens is 304 g/mol. The van der Waals surface area contributed by atoms with Crippen molar-refractivity contribution in [1.29, 1.82) is 0 Å². The molecule has 7 heteroatoms. The summed E-state index contributed by atoms with van der Waals surface area (Å²) in [6.07, 6.45) is 10.8. The summed E-state index contributed by atoms with van der Waals surface area (Å²) in [6, 6.07) is 0. The first-order valence-electron chi connectivity index (χ1n) is 8.54. The van der Waals surface area contributed by atoms with E-state index in [1.165, 1.54) is 0 Å². The van der Waals surface area contributed by atoms with Crippen LogP contribution in [0.25, 0.3) is 0 Å². The molecule has 1 saturated heterocycles. The summed E-state index contributed by atoms with van der Waals surface area (Å²) in [6.45, 7) is 4.37. The first-order valence-corrected chi connectivity index (χ1v) is 8.54. The number of hydrogen-bond donors (Lipinski definition) is 1. The molecule has 0 radical (unpaired) electrons. The number of carbonyl (C=O) groups excluding carboxylic acids is 1. The largest absolute Gasteiger partial charge is 0.382 e. The molecule has 128 valence electrons. The van der Waals surface area contributed by atoms with Crippen LogP contribution >= 0.6 is 0 Å². The molecule has 1 aliphatic rings. The Labute approximate surface area is 141 Å². The van der Waals surface area contributed by atoms with Crippen LogP contribution in [0.4, 0.5) is 5.82 Å². The molecule has 2 aromatic heterocycles. The van der Waals surface area contributed by atoms with Gasteiger partial charge in [-0.3, -0.25) is 14.5 Å². The van der Waals surface area contributed by atoms with Gasteiger partial charge in [-0.15, -0.1) is 0 Å². The fourth-order valence-electron chi connectivity index (χ4n) is 3.17. The summed E-state index contributed by atoms with van der Waals surface area (Å²) in [4.78, 5) is 23.0. The highest BCUT2D eigenvalue weighted by Gasteiger charge is 2.23. The van der Waals surface area contributed by atoms with Crippen molar-refractivity contribution in [1.82, 2.24) is 24.6 Å².